The van der Waals surface area contributed by atoms with Crippen LogP contribution in [0.1, 0.15) is 50.6 Å². The molecule has 5 rings (SSSR count). The molecule has 1 aliphatic carbocycles. The van der Waals surface area contributed by atoms with Gasteiger partial charge in [-0.05, 0) is 44.0 Å². The van der Waals surface area contributed by atoms with Crippen molar-refractivity contribution >= 4 is 23.2 Å². The van der Waals surface area contributed by atoms with Crippen LogP contribution in [0.3, 0.4) is 0 Å². The van der Waals surface area contributed by atoms with E-state index in [1.54, 1.807) is 36.5 Å². The monoisotopic (exact) mass is 446 g/mol. The zero-order chi connectivity index (χ0) is 22.8. The topological polar surface area (TPSA) is 115 Å². The lowest BCUT2D eigenvalue weighted by molar-refractivity contribution is 0.0953. The average molecular weight is 446 g/mol. The highest BCUT2D eigenvalue weighted by molar-refractivity contribution is 6.09. The van der Waals surface area contributed by atoms with Crippen LogP contribution in [-0.4, -0.2) is 35.7 Å². The number of nitrogens with one attached hydrogen (secondary N) is 2. The number of rotatable bonds is 4. The van der Waals surface area contributed by atoms with E-state index in [-0.39, 0.29) is 17.6 Å². The molecule has 0 bridgehead atoms. The van der Waals surface area contributed by atoms with Crippen molar-refractivity contribution in [2.45, 2.75) is 26.2 Å². The van der Waals surface area contributed by atoms with Crippen molar-refractivity contribution in [3.05, 3.63) is 70.9 Å². The third-order valence-corrected chi connectivity index (χ3v) is 5.55. The van der Waals surface area contributed by atoms with E-state index < -0.39 is 0 Å². The van der Waals surface area contributed by atoms with Crippen LogP contribution in [0.2, 0.25) is 0 Å². The van der Waals surface area contributed by atoms with Crippen molar-refractivity contribution in [3.8, 4) is 11.5 Å². The third kappa shape index (κ3) is 4.17. The summed E-state index contributed by atoms with van der Waals surface area (Å²) in [6.45, 7) is 2.79. The minimum Gasteiger partial charge on any atom is -0.486 e. The van der Waals surface area contributed by atoms with Gasteiger partial charge in [0.1, 0.15) is 19.0 Å². The lowest BCUT2D eigenvalue weighted by Crippen LogP contribution is -2.22. The summed E-state index contributed by atoms with van der Waals surface area (Å²) in [6, 6.07) is 8.60. The van der Waals surface area contributed by atoms with Gasteiger partial charge in [0.2, 0.25) is 0 Å². The second-order valence-corrected chi connectivity index (χ2v) is 7.76. The Labute approximate surface area is 189 Å². The Hall–Kier alpha value is -4.14. The molecular formula is C24H22N4O5. The number of carbonyl (C=O) groups excluding carboxylic acids is 2. The molecule has 3 aromatic rings. The molecule has 9 nitrogen and oxygen atoms in total. The smallest absolute Gasteiger partial charge is 0.291 e. The first kappa shape index (κ1) is 20.7. The van der Waals surface area contributed by atoms with Gasteiger partial charge in [-0.15, -0.1) is 0 Å². The molecule has 168 valence electrons. The number of anilines is 1. The van der Waals surface area contributed by atoms with Gasteiger partial charge in [0.25, 0.3) is 11.8 Å². The normalized spacial score (nSPS) is 15.6. The fourth-order valence-electron chi connectivity index (χ4n) is 3.99. The number of carbonyl (C=O) groups is 2. The quantitative estimate of drug-likeness (QED) is 0.593. The Bertz CT molecular complexity index is 1250. The lowest BCUT2D eigenvalue weighted by atomic mass is 9.93. The minimum absolute atomic E-state index is 0.225. The van der Waals surface area contributed by atoms with Gasteiger partial charge in [0.15, 0.2) is 17.3 Å². The van der Waals surface area contributed by atoms with E-state index in [0.29, 0.717) is 65.8 Å². The number of hydrogen-bond acceptors (Lipinski definition) is 7. The number of hydrogen-bond donors (Lipinski definition) is 2. The maximum absolute atomic E-state index is 13.0. The molecular weight excluding hydrogens is 424 g/mol. The van der Waals surface area contributed by atoms with E-state index in [2.05, 4.69) is 20.8 Å². The maximum atomic E-state index is 13.0. The predicted molar refractivity (Wildman–Crippen MR) is 120 cm³/mol. The van der Waals surface area contributed by atoms with Crippen molar-refractivity contribution in [2.24, 2.45) is 5.10 Å². The van der Waals surface area contributed by atoms with Gasteiger partial charge in [-0.1, -0.05) is 0 Å². The summed E-state index contributed by atoms with van der Waals surface area (Å²) < 4.78 is 17.0. The molecule has 1 aromatic carbocycles. The van der Waals surface area contributed by atoms with Crippen LogP contribution in [-0.2, 0) is 6.42 Å². The van der Waals surface area contributed by atoms with E-state index in [9.17, 15) is 9.59 Å². The van der Waals surface area contributed by atoms with Crippen molar-refractivity contribution in [3.63, 3.8) is 0 Å². The maximum Gasteiger partial charge on any atom is 0.291 e. The number of fused-ring (bicyclic) bond motifs is 2. The molecule has 0 unspecified atom stereocenters. The highest BCUT2D eigenvalue weighted by atomic mass is 16.6. The number of aromatic nitrogens is 1. The van der Waals surface area contributed by atoms with E-state index in [1.807, 2.05) is 6.92 Å². The molecule has 33 heavy (non-hydrogen) atoms. The van der Waals surface area contributed by atoms with Crippen molar-refractivity contribution in [2.75, 3.05) is 18.5 Å². The number of hydrazone groups is 1. The zero-order valence-electron chi connectivity index (χ0n) is 18.0. The van der Waals surface area contributed by atoms with Crippen LogP contribution < -0.4 is 20.2 Å². The van der Waals surface area contributed by atoms with Gasteiger partial charge in [-0.3, -0.25) is 14.6 Å². The van der Waals surface area contributed by atoms with Gasteiger partial charge in [0.05, 0.1) is 11.3 Å². The first-order valence-electron chi connectivity index (χ1n) is 10.7. The van der Waals surface area contributed by atoms with Gasteiger partial charge in [-0.25, -0.2) is 5.43 Å². The van der Waals surface area contributed by atoms with Gasteiger partial charge < -0.3 is 19.2 Å². The van der Waals surface area contributed by atoms with Gasteiger partial charge >= 0.3 is 0 Å². The van der Waals surface area contributed by atoms with E-state index in [1.165, 1.54) is 6.20 Å². The SMILES string of the molecule is Cc1c(C(=O)Nc2ccc3c(c2)OCCO3)oc2c1/C(=N/NC(=O)c1cccnc1)CCC2. The molecule has 0 fully saturated rings. The Morgan fingerprint density at radius 2 is 1.91 bits per heavy atom. The molecule has 3 heterocycles. The number of furan rings is 1. The van der Waals surface area contributed by atoms with Crippen LogP contribution in [0.25, 0.3) is 0 Å². The Balaban J connectivity index is 1.36. The highest BCUT2D eigenvalue weighted by Gasteiger charge is 2.28. The van der Waals surface area contributed by atoms with Crippen molar-refractivity contribution < 1.29 is 23.5 Å². The molecule has 1 aliphatic heterocycles. The fraction of sp³-hybridized carbons (Fsp3) is 0.250. The number of nitrogens with zero attached hydrogens (tertiary/aromatic N) is 2. The molecule has 9 heteroatoms. The molecule has 0 spiro atoms. The number of benzene rings is 1. The van der Waals surface area contributed by atoms with Crippen LogP contribution >= 0.6 is 0 Å². The highest BCUT2D eigenvalue weighted by Crippen LogP contribution is 2.34. The molecule has 2 aliphatic rings. The molecule has 2 aromatic heterocycles. The molecule has 0 saturated heterocycles. The summed E-state index contributed by atoms with van der Waals surface area (Å²) in [5.74, 6) is 1.45. The first-order chi connectivity index (χ1) is 16.1. The van der Waals surface area contributed by atoms with Gasteiger partial charge in [-0.2, -0.15) is 5.10 Å². The summed E-state index contributed by atoms with van der Waals surface area (Å²) in [5.41, 5.74) is 5.74. The van der Waals surface area contributed by atoms with Crippen molar-refractivity contribution in [1.82, 2.24) is 10.4 Å². The average Bonchev–Trinajstić information content (AvgIpc) is 3.20. The van der Waals surface area contributed by atoms with Crippen LogP contribution in [0.5, 0.6) is 11.5 Å². The van der Waals surface area contributed by atoms with E-state index >= 15 is 0 Å². The lowest BCUT2D eigenvalue weighted by Gasteiger charge is -2.18. The Morgan fingerprint density at radius 1 is 1.06 bits per heavy atom. The predicted octanol–water partition coefficient (Wildman–Crippen LogP) is 3.48. The summed E-state index contributed by atoms with van der Waals surface area (Å²) in [7, 11) is 0. The molecule has 0 saturated carbocycles. The standard InChI is InChI=1S/C24H22N4O5/c1-14-21-17(27-28-23(29)15-4-3-9-25-13-15)5-2-6-19(21)33-22(14)24(30)26-16-7-8-18-20(12-16)32-11-10-31-18/h3-4,7-9,12-13H,2,5-6,10-11H2,1H3,(H,26,30)(H,28,29)/b27-17+. The molecule has 2 N–H and O–H groups in total. The fourth-order valence-corrected chi connectivity index (χ4v) is 3.99. The number of amides is 2. The summed E-state index contributed by atoms with van der Waals surface area (Å²) in [6.07, 6.45) is 5.26. The third-order valence-electron chi connectivity index (χ3n) is 5.55. The molecule has 0 radical (unpaired) electrons. The number of aryl methyl sites for hydroxylation is 1. The zero-order valence-corrected chi connectivity index (χ0v) is 18.0. The van der Waals surface area contributed by atoms with Crippen LogP contribution in [0, 0.1) is 6.92 Å². The van der Waals surface area contributed by atoms with E-state index in [0.717, 1.165) is 12.0 Å². The number of ether oxygens (including phenoxy) is 2. The van der Waals surface area contributed by atoms with Crippen LogP contribution in [0.4, 0.5) is 5.69 Å². The van der Waals surface area contributed by atoms with Crippen molar-refractivity contribution in [1.29, 1.82) is 0 Å². The largest absolute Gasteiger partial charge is 0.486 e. The van der Waals surface area contributed by atoms with E-state index in [4.69, 9.17) is 13.9 Å². The summed E-state index contributed by atoms with van der Waals surface area (Å²) in [4.78, 5) is 29.3. The first-order valence-corrected chi connectivity index (χ1v) is 10.7. The summed E-state index contributed by atoms with van der Waals surface area (Å²) in [5, 5.41) is 7.19. The van der Waals surface area contributed by atoms with Gasteiger partial charge in [0, 0.05) is 41.7 Å². The summed E-state index contributed by atoms with van der Waals surface area (Å²) >= 11 is 0. The Morgan fingerprint density at radius 3 is 2.73 bits per heavy atom. The van der Waals surface area contributed by atoms with Crippen LogP contribution in [0.15, 0.2) is 52.2 Å². The molecule has 2 amide bonds. The Kier molecular flexibility index (Phi) is 5.52. The second-order valence-electron chi connectivity index (χ2n) is 7.76. The second kappa shape index (κ2) is 8.78. The molecule has 0 atom stereocenters. The minimum atomic E-state index is -0.364. The number of pyridine rings is 1.